The number of aliphatic hydroxyl groups is 1. The molecule has 0 saturated carbocycles. The van der Waals surface area contributed by atoms with Gasteiger partial charge in [0, 0.05) is 13.0 Å². The van der Waals surface area contributed by atoms with Crippen LogP contribution in [0.2, 0.25) is 0 Å². The lowest BCUT2D eigenvalue weighted by Gasteiger charge is -2.22. The number of ether oxygens (including phenoxy) is 2. The van der Waals surface area contributed by atoms with Crippen LogP contribution in [0.15, 0.2) is 18.2 Å². The second kappa shape index (κ2) is 4.31. The summed E-state index contributed by atoms with van der Waals surface area (Å²) >= 11 is 0. The number of aliphatic hydroxyl groups excluding tert-OH is 1. The highest BCUT2D eigenvalue weighted by molar-refractivity contribution is 5.40. The predicted octanol–water partition coefficient (Wildman–Crippen LogP) is 2.08. The molecule has 0 aromatic heterocycles. The molecule has 2 heterocycles. The third kappa shape index (κ3) is 1.94. The Morgan fingerprint density at radius 1 is 1.35 bits per heavy atom. The van der Waals surface area contributed by atoms with Crippen LogP contribution in [-0.2, 0) is 11.2 Å². The number of rotatable bonds is 2. The molecule has 3 nitrogen and oxygen atoms in total. The van der Waals surface area contributed by atoms with E-state index in [0.29, 0.717) is 5.92 Å². The van der Waals surface area contributed by atoms with Crippen molar-refractivity contribution in [3.63, 3.8) is 0 Å². The average Bonchev–Trinajstić information content (AvgIpc) is 2.95. The van der Waals surface area contributed by atoms with Crippen LogP contribution in [0.3, 0.4) is 0 Å². The van der Waals surface area contributed by atoms with Crippen LogP contribution in [0.5, 0.6) is 5.75 Å². The highest BCUT2D eigenvalue weighted by atomic mass is 16.5. The SMILES string of the molecule is CC1CCOC1C(O)c1ccc2c(c1)CCO2. The van der Waals surface area contributed by atoms with Gasteiger partial charge in [-0.05, 0) is 35.6 Å². The molecule has 1 fully saturated rings. The highest BCUT2D eigenvalue weighted by Gasteiger charge is 2.32. The zero-order chi connectivity index (χ0) is 11.8. The maximum absolute atomic E-state index is 10.4. The lowest BCUT2D eigenvalue weighted by Crippen LogP contribution is -2.23. The van der Waals surface area contributed by atoms with Gasteiger partial charge in [0.15, 0.2) is 0 Å². The van der Waals surface area contributed by atoms with E-state index in [2.05, 4.69) is 13.0 Å². The van der Waals surface area contributed by atoms with Crippen LogP contribution in [0, 0.1) is 5.92 Å². The normalized spacial score (nSPS) is 28.8. The summed E-state index contributed by atoms with van der Waals surface area (Å²) in [5, 5.41) is 10.4. The van der Waals surface area contributed by atoms with Crippen molar-refractivity contribution < 1.29 is 14.6 Å². The molecule has 3 rings (SSSR count). The molecule has 1 N–H and O–H groups in total. The van der Waals surface area contributed by atoms with Crippen molar-refractivity contribution in [3.8, 4) is 5.75 Å². The largest absolute Gasteiger partial charge is 0.493 e. The molecule has 0 amide bonds. The molecule has 2 aliphatic rings. The van der Waals surface area contributed by atoms with E-state index in [0.717, 1.165) is 37.4 Å². The quantitative estimate of drug-likeness (QED) is 0.851. The Labute approximate surface area is 101 Å². The Bertz CT molecular complexity index is 416. The summed E-state index contributed by atoms with van der Waals surface area (Å²) in [5.74, 6) is 1.39. The van der Waals surface area contributed by atoms with Gasteiger partial charge >= 0.3 is 0 Å². The summed E-state index contributed by atoms with van der Waals surface area (Å²) in [6.07, 6.45) is 1.40. The van der Waals surface area contributed by atoms with Gasteiger partial charge in [0.2, 0.25) is 0 Å². The predicted molar refractivity (Wildman–Crippen MR) is 64.1 cm³/mol. The van der Waals surface area contributed by atoms with Crippen LogP contribution in [-0.4, -0.2) is 24.4 Å². The van der Waals surface area contributed by atoms with Crippen LogP contribution in [0.25, 0.3) is 0 Å². The standard InChI is InChI=1S/C14H18O3/c1-9-4-6-17-14(9)13(15)11-2-3-12-10(8-11)5-7-16-12/h2-3,8-9,13-15H,4-7H2,1H3. The first kappa shape index (κ1) is 11.1. The minimum atomic E-state index is -0.515. The maximum atomic E-state index is 10.4. The molecule has 17 heavy (non-hydrogen) atoms. The van der Waals surface area contributed by atoms with Gasteiger partial charge in [0.1, 0.15) is 11.9 Å². The molecule has 2 aliphatic heterocycles. The summed E-state index contributed by atoms with van der Waals surface area (Å²) in [6, 6.07) is 5.96. The topological polar surface area (TPSA) is 38.7 Å². The number of fused-ring (bicyclic) bond motifs is 1. The van der Waals surface area contributed by atoms with Crippen molar-refractivity contribution in [1.82, 2.24) is 0 Å². The van der Waals surface area contributed by atoms with Crippen LogP contribution < -0.4 is 4.74 Å². The third-order valence-electron chi connectivity index (χ3n) is 3.81. The molecular formula is C14H18O3. The van der Waals surface area contributed by atoms with Gasteiger partial charge in [-0.1, -0.05) is 13.0 Å². The van der Waals surface area contributed by atoms with E-state index in [4.69, 9.17) is 9.47 Å². The van der Waals surface area contributed by atoms with Gasteiger partial charge < -0.3 is 14.6 Å². The summed E-state index contributed by atoms with van der Waals surface area (Å²) in [5.41, 5.74) is 2.15. The van der Waals surface area contributed by atoms with Crippen molar-refractivity contribution in [2.45, 2.75) is 32.0 Å². The van der Waals surface area contributed by atoms with Crippen molar-refractivity contribution in [1.29, 1.82) is 0 Å². The van der Waals surface area contributed by atoms with E-state index in [-0.39, 0.29) is 6.10 Å². The molecule has 1 aromatic rings. The summed E-state index contributed by atoms with van der Waals surface area (Å²) < 4.78 is 11.1. The minimum Gasteiger partial charge on any atom is -0.493 e. The Hall–Kier alpha value is -1.06. The smallest absolute Gasteiger partial charge is 0.122 e. The average molecular weight is 234 g/mol. The van der Waals surface area contributed by atoms with Crippen molar-refractivity contribution in [2.24, 2.45) is 5.92 Å². The van der Waals surface area contributed by atoms with E-state index >= 15 is 0 Å². The molecule has 0 aliphatic carbocycles. The van der Waals surface area contributed by atoms with Crippen molar-refractivity contribution in [3.05, 3.63) is 29.3 Å². The Kier molecular flexibility index (Phi) is 2.81. The molecule has 3 unspecified atom stereocenters. The first-order valence-electron chi connectivity index (χ1n) is 6.31. The van der Waals surface area contributed by atoms with Crippen molar-refractivity contribution in [2.75, 3.05) is 13.2 Å². The molecule has 92 valence electrons. The van der Waals surface area contributed by atoms with Gasteiger partial charge in [-0.15, -0.1) is 0 Å². The lowest BCUT2D eigenvalue weighted by atomic mass is 9.93. The maximum Gasteiger partial charge on any atom is 0.122 e. The molecule has 3 heteroatoms. The molecule has 0 bridgehead atoms. The van der Waals surface area contributed by atoms with E-state index in [1.54, 1.807) is 0 Å². The fraction of sp³-hybridized carbons (Fsp3) is 0.571. The summed E-state index contributed by atoms with van der Waals surface area (Å²) in [7, 11) is 0. The Balaban J connectivity index is 1.83. The van der Waals surface area contributed by atoms with Gasteiger partial charge in [-0.3, -0.25) is 0 Å². The molecule has 1 saturated heterocycles. The van der Waals surface area contributed by atoms with Crippen LogP contribution in [0.4, 0.5) is 0 Å². The van der Waals surface area contributed by atoms with E-state index in [1.165, 1.54) is 5.56 Å². The first-order chi connectivity index (χ1) is 8.25. The number of benzene rings is 1. The highest BCUT2D eigenvalue weighted by Crippen LogP contribution is 2.34. The second-order valence-corrected chi connectivity index (χ2v) is 5.01. The van der Waals surface area contributed by atoms with Gasteiger partial charge in [-0.2, -0.15) is 0 Å². The fourth-order valence-electron chi connectivity index (χ4n) is 2.70. The van der Waals surface area contributed by atoms with E-state index in [1.807, 2.05) is 12.1 Å². The first-order valence-corrected chi connectivity index (χ1v) is 6.31. The monoisotopic (exact) mass is 234 g/mol. The van der Waals surface area contributed by atoms with Gasteiger partial charge in [0.05, 0.1) is 12.7 Å². The molecular weight excluding hydrogens is 216 g/mol. The second-order valence-electron chi connectivity index (χ2n) is 5.01. The molecule has 0 radical (unpaired) electrons. The minimum absolute atomic E-state index is 0.0598. The third-order valence-corrected chi connectivity index (χ3v) is 3.81. The zero-order valence-corrected chi connectivity index (χ0v) is 10.1. The van der Waals surface area contributed by atoms with Crippen LogP contribution >= 0.6 is 0 Å². The molecule has 3 atom stereocenters. The zero-order valence-electron chi connectivity index (χ0n) is 10.1. The summed E-state index contributed by atoms with van der Waals surface area (Å²) in [4.78, 5) is 0. The summed E-state index contributed by atoms with van der Waals surface area (Å²) in [6.45, 7) is 3.65. The fourth-order valence-corrected chi connectivity index (χ4v) is 2.70. The van der Waals surface area contributed by atoms with Gasteiger partial charge in [-0.25, -0.2) is 0 Å². The molecule has 0 spiro atoms. The van der Waals surface area contributed by atoms with E-state index in [9.17, 15) is 5.11 Å². The van der Waals surface area contributed by atoms with Crippen LogP contribution in [0.1, 0.15) is 30.6 Å². The lowest BCUT2D eigenvalue weighted by molar-refractivity contribution is -0.0178. The van der Waals surface area contributed by atoms with E-state index < -0.39 is 6.10 Å². The number of hydrogen-bond donors (Lipinski definition) is 1. The van der Waals surface area contributed by atoms with Gasteiger partial charge in [0.25, 0.3) is 0 Å². The number of hydrogen-bond acceptors (Lipinski definition) is 3. The Morgan fingerprint density at radius 3 is 3.00 bits per heavy atom. The Morgan fingerprint density at radius 2 is 2.24 bits per heavy atom. The van der Waals surface area contributed by atoms with Crippen molar-refractivity contribution >= 4 is 0 Å². The molecule has 1 aromatic carbocycles.